The van der Waals surface area contributed by atoms with Crippen LogP contribution >= 0.6 is 0 Å². The van der Waals surface area contributed by atoms with Crippen LogP contribution in [-0.4, -0.2) is 28.7 Å². The minimum Gasteiger partial charge on any atom is -0.494 e. The van der Waals surface area contributed by atoms with Crippen LogP contribution in [0.5, 0.6) is 5.75 Å². The van der Waals surface area contributed by atoms with Gasteiger partial charge >= 0.3 is 0 Å². The van der Waals surface area contributed by atoms with E-state index in [1.165, 1.54) is 19.2 Å². The van der Waals surface area contributed by atoms with Gasteiger partial charge in [0.1, 0.15) is 17.3 Å². The van der Waals surface area contributed by atoms with Gasteiger partial charge in [-0.25, -0.2) is 9.07 Å². The third-order valence-electron chi connectivity index (χ3n) is 5.87. The van der Waals surface area contributed by atoms with Gasteiger partial charge in [-0.05, 0) is 62.9 Å². The van der Waals surface area contributed by atoms with Gasteiger partial charge in [-0.2, -0.15) is 5.10 Å². The number of rotatable bonds is 5. The van der Waals surface area contributed by atoms with Gasteiger partial charge in [-0.1, -0.05) is 11.2 Å². The highest BCUT2D eigenvalue weighted by Crippen LogP contribution is 2.37. The molecule has 1 unspecified atom stereocenters. The molecule has 1 fully saturated rings. The van der Waals surface area contributed by atoms with E-state index in [1.54, 1.807) is 6.07 Å². The van der Waals surface area contributed by atoms with E-state index in [2.05, 4.69) is 28.7 Å². The van der Waals surface area contributed by atoms with Crippen molar-refractivity contribution < 1.29 is 18.4 Å². The van der Waals surface area contributed by atoms with Crippen LogP contribution in [0.3, 0.4) is 0 Å². The Morgan fingerprint density at radius 1 is 1.16 bits per heavy atom. The molecule has 0 spiro atoms. The Hall–Kier alpha value is -3.39. The molecule has 2 aromatic heterocycles. The standard InChI is InChI=1S/C24H25FN4O3/c1-14-23(15(2)32-28-14)16-7-10-20-18(12-16)24(27-29(20)22-6-4-5-11-31-22)26-19-9-8-17(25)13-21(19)30-3/h7-10,12-13,22H,4-6,11H2,1-3H3,(H,26,27). The van der Waals surface area contributed by atoms with E-state index in [4.69, 9.17) is 19.1 Å². The van der Waals surface area contributed by atoms with Crippen LogP contribution < -0.4 is 10.1 Å². The lowest BCUT2D eigenvalue weighted by Crippen LogP contribution is -2.19. The molecule has 5 rings (SSSR count). The monoisotopic (exact) mass is 436 g/mol. The number of benzene rings is 2. The smallest absolute Gasteiger partial charge is 0.160 e. The molecule has 32 heavy (non-hydrogen) atoms. The molecule has 1 aliphatic rings. The van der Waals surface area contributed by atoms with E-state index in [1.807, 2.05) is 18.5 Å². The van der Waals surface area contributed by atoms with Crippen molar-refractivity contribution in [3.8, 4) is 16.9 Å². The van der Waals surface area contributed by atoms with Crippen LogP contribution in [0.4, 0.5) is 15.9 Å². The highest BCUT2D eigenvalue weighted by molar-refractivity contribution is 5.95. The maximum absolute atomic E-state index is 13.7. The fraction of sp³-hybridized carbons (Fsp3) is 0.333. The molecule has 0 amide bonds. The number of aromatic nitrogens is 3. The van der Waals surface area contributed by atoms with Gasteiger partial charge in [0.25, 0.3) is 0 Å². The molecular weight excluding hydrogens is 411 g/mol. The minimum atomic E-state index is -0.362. The lowest BCUT2D eigenvalue weighted by molar-refractivity contribution is -0.0365. The normalized spacial score (nSPS) is 16.4. The fourth-order valence-corrected chi connectivity index (χ4v) is 4.32. The van der Waals surface area contributed by atoms with E-state index < -0.39 is 0 Å². The van der Waals surface area contributed by atoms with Crippen molar-refractivity contribution in [3.63, 3.8) is 0 Å². The number of hydrogen-bond acceptors (Lipinski definition) is 6. The maximum atomic E-state index is 13.7. The van der Waals surface area contributed by atoms with Gasteiger partial charge in [0.2, 0.25) is 0 Å². The first-order chi connectivity index (χ1) is 15.5. The van der Waals surface area contributed by atoms with Gasteiger partial charge in [0.05, 0.1) is 24.0 Å². The molecule has 0 aliphatic carbocycles. The Morgan fingerprint density at radius 3 is 2.75 bits per heavy atom. The zero-order valence-corrected chi connectivity index (χ0v) is 18.3. The zero-order valence-electron chi connectivity index (χ0n) is 18.3. The summed E-state index contributed by atoms with van der Waals surface area (Å²) in [5.74, 6) is 1.45. The topological polar surface area (TPSA) is 74.3 Å². The van der Waals surface area contributed by atoms with Crippen molar-refractivity contribution in [2.24, 2.45) is 0 Å². The van der Waals surface area contributed by atoms with Crippen LogP contribution in [0, 0.1) is 19.7 Å². The summed E-state index contributed by atoms with van der Waals surface area (Å²) >= 11 is 0. The quantitative estimate of drug-likeness (QED) is 0.420. The van der Waals surface area contributed by atoms with Crippen LogP contribution in [-0.2, 0) is 4.74 Å². The molecule has 8 heteroatoms. The molecule has 1 atom stereocenters. The third kappa shape index (κ3) is 3.60. The number of methoxy groups -OCH3 is 1. The summed E-state index contributed by atoms with van der Waals surface area (Å²) in [6.07, 6.45) is 2.94. The Bertz CT molecular complexity index is 1250. The molecule has 4 aromatic rings. The number of nitrogens with one attached hydrogen (secondary N) is 1. The van der Waals surface area contributed by atoms with Crippen LogP contribution in [0.15, 0.2) is 40.9 Å². The summed E-state index contributed by atoms with van der Waals surface area (Å²) in [5, 5.41) is 13.2. The van der Waals surface area contributed by atoms with E-state index in [9.17, 15) is 4.39 Å². The first-order valence-electron chi connectivity index (χ1n) is 10.7. The second-order valence-electron chi connectivity index (χ2n) is 8.02. The van der Waals surface area contributed by atoms with Gasteiger partial charge < -0.3 is 19.3 Å². The van der Waals surface area contributed by atoms with E-state index in [-0.39, 0.29) is 12.0 Å². The minimum absolute atomic E-state index is 0.123. The third-order valence-corrected chi connectivity index (χ3v) is 5.87. The van der Waals surface area contributed by atoms with E-state index >= 15 is 0 Å². The predicted molar refractivity (Wildman–Crippen MR) is 120 cm³/mol. The van der Waals surface area contributed by atoms with Gasteiger partial charge in [0.15, 0.2) is 12.0 Å². The number of hydrogen-bond donors (Lipinski definition) is 1. The molecular formula is C24H25FN4O3. The first kappa shape index (κ1) is 20.5. The maximum Gasteiger partial charge on any atom is 0.160 e. The highest BCUT2D eigenvalue weighted by atomic mass is 19.1. The molecule has 1 N–H and O–H groups in total. The number of anilines is 2. The zero-order chi connectivity index (χ0) is 22.2. The van der Waals surface area contributed by atoms with Gasteiger partial charge in [-0.15, -0.1) is 0 Å². The van der Waals surface area contributed by atoms with Gasteiger partial charge in [-0.3, -0.25) is 0 Å². The molecule has 0 saturated carbocycles. The number of ether oxygens (including phenoxy) is 2. The van der Waals surface area contributed by atoms with Gasteiger partial charge in [0, 0.05) is 23.6 Å². The molecule has 1 saturated heterocycles. The second kappa shape index (κ2) is 8.27. The van der Waals surface area contributed by atoms with Crippen LogP contribution in [0.2, 0.25) is 0 Å². The summed E-state index contributed by atoms with van der Waals surface area (Å²) < 4.78 is 32.4. The van der Waals surface area contributed by atoms with Crippen molar-refractivity contribution >= 4 is 22.4 Å². The lowest BCUT2D eigenvalue weighted by Gasteiger charge is -2.23. The van der Waals surface area contributed by atoms with E-state index in [0.29, 0.717) is 17.3 Å². The lowest BCUT2D eigenvalue weighted by atomic mass is 10.0. The molecule has 3 heterocycles. The van der Waals surface area contributed by atoms with Crippen molar-refractivity contribution in [1.29, 1.82) is 0 Å². The Morgan fingerprint density at radius 2 is 2.03 bits per heavy atom. The molecule has 0 radical (unpaired) electrons. The van der Waals surface area contributed by atoms with Crippen molar-refractivity contribution in [2.45, 2.75) is 39.3 Å². The van der Waals surface area contributed by atoms with Crippen molar-refractivity contribution in [1.82, 2.24) is 14.9 Å². The summed E-state index contributed by atoms with van der Waals surface area (Å²) in [6.45, 7) is 4.55. The number of halogens is 1. The van der Waals surface area contributed by atoms with Crippen molar-refractivity contribution in [2.75, 3.05) is 19.0 Å². The molecule has 1 aliphatic heterocycles. The average molecular weight is 436 g/mol. The summed E-state index contributed by atoms with van der Waals surface area (Å²) in [5.41, 5.74) is 4.38. The number of fused-ring (bicyclic) bond motifs is 1. The molecule has 166 valence electrons. The SMILES string of the molecule is COc1cc(F)ccc1Nc1nn(C2CCCCO2)c2ccc(-c3c(C)noc3C)cc12. The number of nitrogens with zero attached hydrogens (tertiary/aromatic N) is 3. The fourth-order valence-electron chi connectivity index (χ4n) is 4.32. The van der Waals surface area contributed by atoms with E-state index in [0.717, 1.165) is 59.4 Å². The summed E-state index contributed by atoms with van der Waals surface area (Å²) in [7, 11) is 1.52. The Balaban J connectivity index is 1.65. The summed E-state index contributed by atoms with van der Waals surface area (Å²) in [6, 6.07) is 10.6. The molecule has 7 nitrogen and oxygen atoms in total. The average Bonchev–Trinajstić information content (AvgIpc) is 3.34. The summed E-state index contributed by atoms with van der Waals surface area (Å²) in [4.78, 5) is 0. The molecule has 2 aromatic carbocycles. The highest BCUT2D eigenvalue weighted by Gasteiger charge is 2.23. The van der Waals surface area contributed by atoms with Crippen molar-refractivity contribution in [3.05, 3.63) is 53.7 Å². The van der Waals surface area contributed by atoms with Crippen LogP contribution in [0.1, 0.15) is 36.9 Å². The largest absolute Gasteiger partial charge is 0.494 e. The Kier molecular flexibility index (Phi) is 5.30. The number of aryl methyl sites for hydroxylation is 2. The Labute approximate surface area is 185 Å². The first-order valence-corrected chi connectivity index (χ1v) is 10.7. The molecule has 0 bridgehead atoms. The predicted octanol–water partition coefficient (Wildman–Crippen LogP) is 5.90. The van der Waals surface area contributed by atoms with Crippen LogP contribution in [0.25, 0.3) is 22.0 Å². The second-order valence-corrected chi connectivity index (χ2v) is 8.02.